The van der Waals surface area contributed by atoms with Crippen molar-refractivity contribution in [1.29, 1.82) is 0 Å². The van der Waals surface area contributed by atoms with E-state index in [1.165, 1.54) is 12.1 Å². The molecule has 136 valence electrons. The van der Waals surface area contributed by atoms with Crippen LogP contribution in [0.15, 0.2) is 61.2 Å². The average Bonchev–Trinajstić information content (AvgIpc) is 2.64. The van der Waals surface area contributed by atoms with E-state index >= 15 is 0 Å². The number of hydrogen-bond donors (Lipinski definition) is 2. The van der Waals surface area contributed by atoms with Gasteiger partial charge in [-0.05, 0) is 42.0 Å². The highest BCUT2D eigenvalue weighted by Crippen LogP contribution is 2.12. The van der Waals surface area contributed by atoms with Gasteiger partial charge in [0.1, 0.15) is 18.2 Å². The molecule has 0 saturated carbocycles. The Kier molecular flexibility index (Phi) is 7.36. The van der Waals surface area contributed by atoms with Crippen LogP contribution in [-0.4, -0.2) is 31.5 Å². The van der Waals surface area contributed by atoms with E-state index in [9.17, 15) is 14.0 Å². The molecule has 2 rings (SSSR count). The maximum Gasteiger partial charge on any atom is 0.251 e. The van der Waals surface area contributed by atoms with Gasteiger partial charge in [0.15, 0.2) is 0 Å². The van der Waals surface area contributed by atoms with Crippen molar-refractivity contribution >= 4 is 11.8 Å². The molecule has 2 amide bonds. The van der Waals surface area contributed by atoms with E-state index in [0.717, 1.165) is 0 Å². The molecule has 2 N–H and O–H groups in total. The number of carbonyl (C=O) groups excluding carboxylic acids is 2. The summed E-state index contributed by atoms with van der Waals surface area (Å²) in [6.07, 6.45) is 1.74. The SMILES string of the molecule is C=CCOc1ccc(C(=O)NCCNC(=O)Cc2cccc(F)c2)cc1. The van der Waals surface area contributed by atoms with Crippen molar-refractivity contribution in [2.24, 2.45) is 0 Å². The first-order chi connectivity index (χ1) is 12.6. The van der Waals surface area contributed by atoms with E-state index in [1.807, 2.05) is 0 Å². The van der Waals surface area contributed by atoms with Crippen molar-refractivity contribution in [2.75, 3.05) is 19.7 Å². The van der Waals surface area contributed by atoms with Gasteiger partial charge in [0, 0.05) is 18.7 Å². The smallest absolute Gasteiger partial charge is 0.251 e. The number of halogens is 1. The first-order valence-corrected chi connectivity index (χ1v) is 8.21. The fraction of sp³-hybridized carbons (Fsp3) is 0.200. The van der Waals surface area contributed by atoms with Gasteiger partial charge in [-0.25, -0.2) is 4.39 Å². The highest BCUT2D eigenvalue weighted by molar-refractivity contribution is 5.94. The van der Waals surface area contributed by atoms with Crippen molar-refractivity contribution in [3.8, 4) is 5.75 Å². The van der Waals surface area contributed by atoms with Crippen LogP contribution in [-0.2, 0) is 11.2 Å². The molecule has 0 unspecified atom stereocenters. The minimum Gasteiger partial charge on any atom is -0.490 e. The predicted octanol–water partition coefficient (Wildman–Crippen LogP) is 2.48. The van der Waals surface area contributed by atoms with Gasteiger partial charge < -0.3 is 15.4 Å². The summed E-state index contributed by atoms with van der Waals surface area (Å²) >= 11 is 0. The maximum absolute atomic E-state index is 13.1. The van der Waals surface area contributed by atoms with Crippen LogP contribution in [0.2, 0.25) is 0 Å². The van der Waals surface area contributed by atoms with Crippen LogP contribution < -0.4 is 15.4 Å². The summed E-state index contributed by atoms with van der Waals surface area (Å²) in [6, 6.07) is 12.6. The van der Waals surface area contributed by atoms with Crippen LogP contribution in [0, 0.1) is 5.82 Å². The Morgan fingerprint density at radius 3 is 2.50 bits per heavy atom. The number of rotatable bonds is 9. The third-order valence-corrected chi connectivity index (χ3v) is 3.47. The number of nitrogens with one attached hydrogen (secondary N) is 2. The number of ether oxygens (including phenoxy) is 1. The lowest BCUT2D eigenvalue weighted by Gasteiger charge is -2.08. The number of hydrogen-bond acceptors (Lipinski definition) is 3. The first kappa shape index (κ1) is 19.2. The molecule has 0 aliphatic carbocycles. The van der Waals surface area contributed by atoms with Gasteiger partial charge in [0.2, 0.25) is 5.91 Å². The molecule has 0 aliphatic rings. The van der Waals surface area contributed by atoms with E-state index in [0.29, 0.717) is 36.6 Å². The van der Waals surface area contributed by atoms with E-state index in [1.54, 1.807) is 42.5 Å². The second-order valence-electron chi connectivity index (χ2n) is 5.54. The Bertz CT molecular complexity index is 760. The molecule has 6 heteroatoms. The van der Waals surface area contributed by atoms with Gasteiger partial charge in [0.25, 0.3) is 5.91 Å². The van der Waals surface area contributed by atoms with Crippen molar-refractivity contribution < 1.29 is 18.7 Å². The van der Waals surface area contributed by atoms with Crippen molar-refractivity contribution in [2.45, 2.75) is 6.42 Å². The minimum absolute atomic E-state index is 0.0951. The van der Waals surface area contributed by atoms with E-state index in [4.69, 9.17) is 4.74 Å². The van der Waals surface area contributed by atoms with E-state index in [2.05, 4.69) is 17.2 Å². The molecule has 0 heterocycles. The standard InChI is InChI=1S/C20H21FN2O3/c1-2-12-26-18-8-6-16(7-9-18)20(25)23-11-10-22-19(24)14-15-4-3-5-17(21)13-15/h2-9,13H,1,10-12,14H2,(H,22,24)(H,23,25). The Labute approximate surface area is 151 Å². The lowest BCUT2D eigenvalue weighted by atomic mass is 10.1. The molecule has 0 spiro atoms. The molecule has 0 atom stereocenters. The lowest BCUT2D eigenvalue weighted by molar-refractivity contribution is -0.120. The highest BCUT2D eigenvalue weighted by atomic mass is 19.1. The molecule has 2 aromatic rings. The largest absolute Gasteiger partial charge is 0.490 e. The summed E-state index contributed by atoms with van der Waals surface area (Å²) in [4.78, 5) is 23.8. The Balaban J connectivity index is 1.69. The first-order valence-electron chi connectivity index (χ1n) is 8.21. The maximum atomic E-state index is 13.1. The fourth-order valence-corrected chi connectivity index (χ4v) is 2.23. The molecule has 0 aliphatic heterocycles. The molecule has 26 heavy (non-hydrogen) atoms. The zero-order valence-corrected chi connectivity index (χ0v) is 14.3. The zero-order valence-electron chi connectivity index (χ0n) is 14.3. The summed E-state index contributed by atoms with van der Waals surface area (Å²) in [5.41, 5.74) is 1.10. The Hall–Kier alpha value is -3.15. The molecule has 0 bridgehead atoms. The average molecular weight is 356 g/mol. The molecule has 0 radical (unpaired) electrons. The van der Waals surface area contributed by atoms with Gasteiger partial charge in [-0.3, -0.25) is 9.59 Å². The van der Waals surface area contributed by atoms with E-state index in [-0.39, 0.29) is 24.1 Å². The third kappa shape index (κ3) is 6.39. The highest BCUT2D eigenvalue weighted by Gasteiger charge is 2.06. The number of carbonyl (C=O) groups is 2. The number of amides is 2. The van der Waals surface area contributed by atoms with Crippen molar-refractivity contribution in [3.05, 3.63) is 78.1 Å². The fourth-order valence-electron chi connectivity index (χ4n) is 2.23. The van der Waals surface area contributed by atoms with Crippen LogP contribution in [0.4, 0.5) is 4.39 Å². The lowest BCUT2D eigenvalue weighted by Crippen LogP contribution is -2.35. The van der Waals surface area contributed by atoms with Gasteiger partial charge in [0.05, 0.1) is 6.42 Å². The zero-order chi connectivity index (χ0) is 18.8. The molecule has 2 aromatic carbocycles. The van der Waals surface area contributed by atoms with Crippen LogP contribution in [0.5, 0.6) is 5.75 Å². The summed E-state index contributed by atoms with van der Waals surface area (Å²) < 4.78 is 18.4. The van der Waals surface area contributed by atoms with Crippen LogP contribution >= 0.6 is 0 Å². The van der Waals surface area contributed by atoms with Crippen LogP contribution in [0.3, 0.4) is 0 Å². The Morgan fingerprint density at radius 1 is 1.08 bits per heavy atom. The van der Waals surface area contributed by atoms with Gasteiger partial charge in [-0.2, -0.15) is 0 Å². The minimum atomic E-state index is -0.372. The second kappa shape index (κ2) is 9.98. The van der Waals surface area contributed by atoms with Gasteiger partial charge >= 0.3 is 0 Å². The summed E-state index contributed by atoms with van der Waals surface area (Å²) in [7, 11) is 0. The molecule has 0 aromatic heterocycles. The summed E-state index contributed by atoms with van der Waals surface area (Å²) in [6.45, 7) is 4.56. The molecular weight excluding hydrogens is 335 g/mol. The van der Waals surface area contributed by atoms with Gasteiger partial charge in [-0.1, -0.05) is 24.8 Å². The van der Waals surface area contributed by atoms with Gasteiger partial charge in [-0.15, -0.1) is 0 Å². The number of benzene rings is 2. The normalized spacial score (nSPS) is 10.0. The van der Waals surface area contributed by atoms with E-state index < -0.39 is 0 Å². The quantitative estimate of drug-likeness (QED) is 0.536. The topological polar surface area (TPSA) is 67.4 Å². The second-order valence-corrected chi connectivity index (χ2v) is 5.54. The molecule has 5 nitrogen and oxygen atoms in total. The molecule has 0 fully saturated rings. The predicted molar refractivity (Wildman–Crippen MR) is 97.6 cm³/mol. The van der Waals surface area contributed by atoms with Crippen LogP contribution in [0.25, 0.3) is 0 Å². The Morgan fingerprint density at radius 2 is 1.81 bits per heavy atom. The summed E-state index contributed by atoms with van der Waals surface area (Å²) in [5, 5.41) is 5.40. The van der Waals surface area contributed by atoms with Crippen molar-refractivity contribution in [3.63, 3.8) is 0 Å². The molecule has 0 saturated heterocycles. The van der Waals surface area contributed by atoms with Crippen molar-refractivity contribution in [1.82, 2.24) is 10.6 Å². The summed E-state index contributed by atoms with van der Waals surface area (Å²) in [5.74, 6) is -0.178. The monoisotopic (exact) mass is 356 g/mol. The molecular formula is C20H21FN2O3. The third-order valence-electron chi connectivity index (χ3n) is 3.47. The van der Waals surface area contributed by atoms with Crippen LogP contribution in [0.1, 0.15) is 15.9 Å².